The van der Waals surface area contributed by atoms with Crippen LogP contribution >= 0.6 is 22.6 Å². The Labute approximate surface area is 138 Å². The first-order valence-electron chi connectivity index (χ1n) is 7.22. The lowest BCUT2D eigenvalue weighted by Gasteiger charge is -2.17. The minimum Gasteiger partial charge on any atom is -0.464 e. The lowest BCUT2D eigenvalue weighted by atomic mass is 10.0. The van der Waals surface area contributed by atoms with Crippen molar-refractivity contribution in [3.05, 3.63) is 35.9 Å². The van der Waals surface area contributed by atoms with Crippen molar-refractivity contribution in [1.29, 1.82) is 0 Å². The molecule has 116 valence electrons. The van der Waals surface area contributed by atoms with Crippen molar-refractivity contribution in [2.24, 2.45) is 5.92 Å². The van der Waals surface area contributed by atoms with Gasteiger partial charge in [0, 0.05) is 9.84 Å². The fraction of sp³-hybridized carbons (Fsp3) is 0.562. The van der Waals surface area contributed by atoms with Gasteiger partial charge in [-0.2, -0.15) is 0 Å². The highest BCUT2D eigenvalue weighted by Gasteiger charge is 2.42. The number of rotatable bonds is 6. The summed E-state index contributed by atoms with van der Waals surface area (Å²) in [7, 11) is 0. The first-order valence-corrected chi connectivity index (χ1v) is 8.46. The van der Waals surface area contributed by atoms with Gasteiger partial charge in [-0.05, 0) is 25.3 Å². The van der Waals surface area contributed by atoms with E-state index in [1.807, 2.05) is 30.3 Å². The number of halogens is 2. The third-order valence-electron chi connectivity index (χ3n) is 3.70. The molecular weight excluding hydrogens is 386 g/mol. The van der Waals surface area contributed by atoms with Gasteiger partial charge < -0.3 is 9.47 Å². The van der Waals surface area contributed by atoms with Gasteiger partial charge in [-0.15, -0.1) is 0 Å². The van der Waals surface area contributed by atoms with Crippen LogP contribution in [0.2, 0.25) is 0 Å². The van der Waals surface area contributed by atoms with Crippen LogP contribution < -0.4 is 0 Å². The Morgan fingerprint density at radius 3 is 2.76 bits per heavy atom. The van der Waals surface area contributed by atoms with E-state index >= 15 is 0 Å². The van der Waals surface area contributed by atoms with Gasteiger partial charge in [-0.3, -0.25) is 0 Å². The number of carbonyl (C=O) groups excluding carboxylic acids is 1. The van der Waals surface area contributed by atoms with Crippen LogP contribution in [0, 0.1) is 5.92 Å². The van der Waals surface area contributed by atoms with Crippen molar-refractivity contribution < 1.29 is 18.7 Å². The highest BCUT2D eigenvalue weighted by Crippen LogP contribution is 2.38. The van der Waals surface area contributed by atoms with Crippen LogP contribution in [0.25, 0.3) is 0 Å². The average Bonchev–Trinajstić information content (AvgIpc) is 2.87. The van der Waals surface area contributed by atoms with Crippen LogP contribution in [-0.4, -0.2) is 28.8 Å². The van der Waals surface area contributed by atoms with Gasteiger partial charge in [0.05, 0.1) is 19.3 Å². The molecule has 0 aromatic heterocycles. The fourth-order valence-corrected chi connectivity index (χ4v) is 3.82. The van der Waals surface area contributed by atoms with E-state index in [4.69, 9.17) is 9.47 Å². The number of esters is 1. The molecule has 0 aliphatic heterocycles. The topological polar surface area (TPSA) is 35.5 Å². The summed E-state index contributed by atoms with van der Waals surface area (Å²) in [5.41, 5.74) is 1.10. The zero-order valence-electron chi connectivity index (χ0n) is 12.0. The molecule has 2 rings (SSSR count). The maximum absolute atomic E-state index is 14.1. The maximum atomic E-state index is 14.1. The molecule has 0 spiro atoms. The number of hydrogen-bond donors (Lipinski definition) is 0. The van der Waals surface area contributed by atoms with Gasteiger partial charge in [0.15, 0.2) is 0 Å². The number of benzene rings is 1. The number of hydrogen-bond acceptors (Lipinski definition) is 3. The predicted octanol–water partition coefficient (Wildman–Crippen LogP) is 3.69. The third-order valence-corrected chi connectivity index (χ3v) is 5.14. The van der Waals surface area contributed by atoms with E-state index in [1.165, 1.54) is 0 Å². The Morgan fingerprint density at radius 2 is 2.10 bits per heavy atom. The first kappa shape index (κ1) is 16.7. The Hall–Kier alpha value is -0.690. The molecule has 1 aromatic rings. The molecule has 1 saturated carbocycles. The number of ether oxygens (including phenoxy) is 2. The van der Waals surface area contributed by atoms with Crippen LogP contribution in [0.4, 0.5) is 4.39 Å². The van der Waals surface area contributed by atoms with Crippen LogP contribution in [0.15, 0.2) is 30.3 Å². The van der Waals surface area contributed by atoms with Crippen molar-refractivity contribution in [1.82, 2.24) is 0 Å². The zero-order chi connectivity index (χ0) is 15.2. The molecule has 0 heterocycles. The number of alkyl halides is 2. The summed E-state index contributed by atoms with van der Waals surface area (Å²) in [6.45, 7) is 2.43. The van der Waals surface area contributed by atoms with Gasteiger partial charge in [-0.25, -0.2) is 9.18 Å². The van der Waals surface area contributed by atoms with Crippen molar-refractivity contribution in [3.8, 4) is 0 Å². The quantitative estimate of drug-likeness (QED) is 0.411. The van der Waals surface area contributed by atoms with E-state index in [1.54, 1.807) is 6.92 Å². The molecule has 1 fully saturated rings. The Kier molecular flexibility index (Phi) is 6.41. The second-order valence-corrected chi connectivity index (χ2v) is 6.82. The third kappa shape index (κ3) is 4.64. The molecule has 4 unspecified atom stereocenters. The molecule has 21 heavy (non-hydrogen) atoms. The summed E-state index contributed by atoms with van der Waals surface area (Å²) in [4.78, 5) is 11.5. The van der Waals surface area contributed by atoms with Crippen LogP contribution in [0.1, 0.15) is 25.3 Å². The highest BCUT2D eigenvalue weighted by molar-refractivity contribution is 14.1. The molecule has 0 radical (unpaired) electrons. The molecule has 0 saturated heterocycles. The van der Waals surface area contributed by atoms with Gasteiger partial charge in [-0.1, -0.05) is 52.9 Å². The molecule has 0 amide bonds. The largest absolute Gasteiger partial charge is 0.464 e. The number of carbonyl (C=O) groups is 1. The molecule has 4 atom stereocenters. The van der Waals surface area contributed by atoms with E-state index in [9.17, 15) is 9.18 Å². The smallest absolute Gasteiger partial charge is 0.341 e. The lowest BCUT2D eigenvalue weighted by molar-refractivity contribution is -0.151. The molecule has 1 aliphatic rings. The lowest BCUT2D eigenvalue weighted by Crippen LogP contribution is -2.30. The van der Waals surface area contributed by atoms with Crippen LogP contribution in [0.5, 0.6) is 0 Å². The van der Waals surface area contributed by atoms with Gasteiger partial charge >= 0.3 is 5.97 Å². The summed E-state index contributed by atoms with van der Waals surface area (Å²) >= 11 is 2.21. The standard InChI is InChI=1S/C16H20FIO3/c1-2-20-16(19)15(17)13-8-12(9-14(13)18)21-10-11-6-4-3-5-7-11/h3-7,12-15H,2,8-10H2,1H3. The summed E-state index contributed by atoms with van der Waals surface area (Å²) in [6, 6.07) is 9.91. The van der Waals surface area contributed by atoms with Crippen LogP contribution in [0.3, 0.4) is 0 Å². The minimum atomic E-state index is -1.54. The van der Waals surface area contributed by atoms with E-state index in [2.05, 4.69) is 22.6 Å². The second kappa shape index (κ2) is 8.08. The molecular formula is C16H20FIO3. The Bertz CT molecular complexity index is 454. The van der Waals surface area contributed by atoms with E-state index in [0.29, 0.717) is 13.0 Å². The zero-order valence-corrected chi connectivity index (χ0v) is 14.2. The highest BCUT2D eigenvalue weighted by atomic mass is 127. The average molecular weight is 406 g/mol. The van der Waals surface area contributed by atoms with Crippen molar-refractivity contribution >= 4 is 28.6 Å². The van der Waals surface area contributed by atoms with Crippen LogP contribution in [-0.2, 0) is 20.9 Å². The van der Waals surface area contributed by atoms with Crippen molar-refractivity contribution in [2.75, 3.05) is 6.61 Å². The van der Waals surface area contributed by atoms with Gasteiger partial charge in [0.1, 0.15) is 0 Å². The molecule has 3 nitrogen and oxygen atoms in total. The van der Waals surface area contributed by atoms with E-state index < -0.39 is 12.1 Å². The fourth-order valence-electron chi connectivity index (χ4n) is 2.60. The van der Waals surface area contributed by atoms with Gasteiger partial charge in [0.2, 0.25) is 6.17 Å². The van der Waals surface area contributed by atoms with E-state index in [-0.39, 0.29) is 22.6 Å². The first-order chi connectivity index (χ1) is 10.1. The predicted molar refractivity (Wildman–Crippen MR) is 87.1 cm³/mol. The Balaban J connectivity index is 1.84. The minimum absolute atomic E-state index is 0.00443. The summed E-state index contributed by atoms with van der Waals surface area (Å²) in [5, 5.41) is 0. The summed E-state index contributed by atoms with van der Waals surface area (Å²) < 4.78 is 24.9. The molecule has 0 bridgehead atoms. The van der Waals surface area contributed by atoms with Crippen molar-refractivity contribution in [3.63, 3.8) is 0 Å². The Morgan fingerprint density at radius 1 is 1.38 bits per heavy atom. The molecule has 5 heteroatoms. The van der Waals surface area contributed by atoms with Gasteiger partial charge in [0.25, 0.3) is 0 Å². The molecule has 1 aromatic carbocycles. The SMILES string of the molecule is CCOC(=O)C(F)C1CC(OCc2ccccc2)CC1I. The van der Waals surface area contributed by atoms with Crippen molar-refractivity contribution in [2.45, 2.75) is 42.6 Å². The molecule has 0 N–H and O–H groups in total. The monoisotopic (exact) mass is 406 g/mol. The molecule has 1 aliphatic carbocycles. The maximum Gasteiger partial charge on any atom is 0.341 e. The summed E-state index contributed by atoms with van der Waals surface area (Å²) in [5.74, 6) is -1.06. The summed E-state index contributed by atoms with van der Waals surface area (Å²) in [6.07, 6.45) is -0.194. The second-order valence-electron chi connectivity index (χ2n) is 5.22. The normalized spacial score (nSPS) is 26.5. The van der Waals surface area contributed by atoms with E-state index in [0.717, 1.165) is 12.0 Å².